The lowest BCUT2D eigenvalue weighted by Gasteiger charge is -2.35. The normalized spacial score (nSPS) is 18.3. The maximum Gasteiger partial charge on any atom is 0.244 e. The Bertz CT molecular complexity index is 429. The Labute approximate surface area is 106 Å². The molecule has 1 unspecified atom stereocenters. The van der Waals surface area contributed by atoms with Crippen molar-refractivity contribution in [2.75, 3.05) is 26.2 Å². The molecule has 96 valence electrons. The molecule has 1 saturated heterocycles. The molecule has 1 aliphatic heterocycles. The number of nitriles is 1. The first-order valence-corrected chi connectivity index (χ1v) is 5.94. The number of piperazine rings is 1. The topological polar surface area (TPSA) is 78.0 Å². The highest BCUT2D eigenvalue weighted by molar-refractivity contribution is 5.76. The smallest absolute Gasteiger partial charge is 0.244 e. The summed E-state index contributed by atoms with van der Waals surface area (Å²) in [6, 6.07) is 2.13. The van der Waals surface area contributed by atoms with Gasteiger partial charge in [-0.1, -0.05) is 0 Å². The van der Waals surface area contributed by atoms with Crippen LogP contribution in [0.15, 0.2) is 12.7 Å². The first-order valence-electron chi connectivity index (χ1n) is 5.94. The number of aromatic nitrogens is 3. The molecule has 2 heterocycles. The van der Waals surface area contributed by atoms with E-state index in [-0.39, 0.29) is 18.5 Å². The van der Waals surface area contributed by atoms with Crippen LogP contribution in [-0.2, 0) is 11.3 Å². The third-order valence-electron chi connectivity index (χ3n) is 3.17. The molecule has 1 atom stereocenters. The van der Waals surface area contributed by atoms with E-state index in [1.54, 1.807) is 0 Å². The number of carbonyl (C=O) groups is 1. The van der Waals surface area contributed by atoms with Crippen molar-refractivity contribution in [2.24, 2.45) is 0 Å². The summed E-state index contributed by atoms with van der Waals surface area (Å²) in [4.78, 5) is 19.7. The van der Waals surface area contributed by atoms with Gasteiger partial charge in [0.1, 0.15) is 19.2 Å². The number of rotatable bonds is 3. The van der Waals surface area contributed by atoms with Gasteiger partial charge in [-0.25, -0.2) is 9.67 Å². The highest BCUT2D eigenvalue weighted by Gasteiger charge is 2.23. The van der Waals surface area contributed by atoms with Crippen LogP contribution in [0.25, 0.3) is 0 Å². The molecule has 0 aliphatic carbocycles. The lowest BCUT2D eigenvalue weighted by molar-refractivity contribution is -0.133. The molecular weight excluding hydrogens is 232 g/mol. The lowest BCUT2D eigenvalue weighted by atomic mass is 10.2. The van der Waals surface area contributed by atoms with E-state index in [1.165, 1.54) is 17.3 Å². The van der Waals surface area contributed by atoms with Crippen LogP contribution in [0.1, 0.15) is 6.92 Å². The van der Waals surface area contributed by atoms with Gasteiger partial charge in [0.2, 0.25) is 5.91 Å². The van der Waals surface area contributed by atoms with Crippen molar-refractivity contribution in [3.05, 3.63) is 12.7 Å². The number of amides is 1. The summed E-state index contributed by atoms with van der Waals surface area (Å²) in [6.07, 6.45) is 2.95. The fourth-order valence-electron chi connectivity index (χ4n) is 1.99. The molecule has 0 aromatic carbocycles. The average molecular weight is 248 g/mol. The molecule has 0 radical (unpaired) electrons. The van der Waals surface area contributed by atoms with Crippen molar-refractivity contribution >= 4 is 5.91 Å². The van der Waals surface area contributed by atoms with Crippen molar-refractivity contribution in [3.63, 3.8) is 0 Å². The molecule has 0 N–H and O–H groups in total. The Morgan fingerprint density at radius 2 is 2.17 bits per heavy atom. The van der Waals surface area contributed by atoms with E-state index < -0.39 is 0 Å². The number of hydrogen-bond donors (Lipinski definition) is 0. The Morgan fingerprint density at radius 3 is 2.72 bits per heavy atom. The molecule has 7 heteroatoms. The molecule has 7 nitrogen and oxygen atoms in total. The Hall–Kier alpha value is -1.94. The van der Waals surface area contributed by atoms with Crippen LogP contribution in [0.4, 0.5) is 0 Å². The predicted molar refractivity (Wildman–Crippen MR) is 63.3 cm³/mol. The van der Waals surface area contributed by atoms with Crippen LogP contribution < -0.4 is 0 Å². The van der Waals surface area contributed by atoms with Crippen LogP contribution >= 0.6 is 0 Å². The summed E-state index contributed by atoms with van der Waals surface area (Å²) >= 11 is 0. The van der Waals surface area contributed by atoms with Gasteiger partial charge < -0.3 is 4.90 Å². The minimum atomic E-state index is -0.0856. The van der Waals surface area contributed by atoms with E-state index in [4.69, 9.17) is 5.26 Å². The van der Waals surface area contributed by atoms with Crippen LogP contribution in [0.2, 0.25) is 0 Å². The van der Waals surface area contributed by atoms with E-state index in [9.17, 15) is 4.79 Å². The van der Waals surface area contributed by atoms with Gasteiger partial charge in [0.25, 0.3) is 0 Å². The van der Waals surface area contributed by atoms with Gasteiger partial charge in [0, 0.05) is 26.2 Å². The second-order valence-corrected chi connectivity index (χ2v) is 4.31. The van der Waals surface area contributed by atoms with Crippen molar-refractivity contribution in [1.82, 2.24) is 24.6 Å². The van der Waals surface area contributed by atoms with E-state index in [2.05, 4.69) is 21.1 Å². The van der Waals surface area contributed by atoms with Gasteiger partial charge in [0.15, 0.2) is 0 Å². The quantitative estimate of drug-likeness (QED) is 0.709. The van der Waals surface area contributed by atoms with Crippen molar-refractivity contribution < 1.29 is 4.79 Å². The Morgan fingerprint density at radius 1 is 1.44 bits per heavy atom. The SMILES string of the molecule is CC(C#N)N1CCN(C(=O)Cn2cncn2)CC1. The van der Waals surface area contributed by atoms with Gasteiger partial charge in [0.05, 0.1) is 12.1 Å². The molecule has 0 saturated carbocycles. The number of hydrogen-bond acceptors (Lipinski definition) is 5. The standard InChI is InChI=1S/C11H16N6O/c1-10(6-12)15-2-4-16(5-3-15)11(18)7-17-9-13-8-14-17/h8-10H,2-5,7H2,1H3. The summed E-state index contributed by atoms with van der Waals surface area (Å²) in [5.41, 5.74) is 0. The van der Waals surface area contributed by atoms with Crippen LogP contribution in [0.5, 0.6) is 0 Å². The van der Waals surface area contributed by atoms with Crippen LogP contribution in [0.3, 0.4) is 0 Å². The van der Waals surface area contributed by atoms with Crippen LogP contribution in [-0.4, -0.2) is 62.7 Å². The minimum absolute atomic E-state index is 0.0461. The highest BCUT2D eigenvalue weighted by Crippen LogP contribution is 2.06. The minimum Gasteiger partial charge on any atom is -0.339 e. The zero-order valence-electron chi connectivity index (χ0n) is 10.4. The monoisotopic (exact) mass is 248 g/mol. The summed E-state index contributed by atoms with van der Waals surface area (Å²) in [5, 5.41) is 12.8. The molecule has 0 bridgehead atoms. The number of carbonyl (C=O) groups excluding carboxylic acids is 1. The zero-order valence-corrected chi connectivity index (χ0v) is 10.4. The third kappa shape index (κ3) is 2.84. The molecule has 1 aliphatic rings. The molecule has 1 amide bonds. The van der Waals surface area contributed by atoms with Gasteiger partial charge >= 0.3 is 0 Å². The van der Waals surface area contributed by atoms with Crippen LogP contribution in [0, 0.1) is 11.3 Å². The fourth-order valence-corrected chi connectivity index (χ4v) is 1.99. The average Bonchev–Trinajstić information content (AvgIpc) is 2.91. The molecule has 1 aromatic heterocycles. The van der Waals surface area contributed by atoms with Crippen molar-refractivity contribution in [1.29, 1.82) is 5.26 Å². The summed E-state index contributed by atoms with van der Waals surface area (Å²) in [5.74, 6) is 0.0461. The Kier molecular flexibility index (Phi) is 3.89. The van der Waals surface area contributed by atoms with Gasteiger partial charge in [-0.2, -0.15) is 10.4 Å². The largest absolute Gasteiger partial charge is 0.339 e. The van der Waals surface area contributed by atoms with E-state index in [0.717, 1.165) is 13.1 Å². The predicted octanol–water partition coefficient (Wildman–Crippen LogP) is -0.666. The molecular formula is C11H16N6O. The summed E-state index contributed by atoms with van der Waals surface area (Å²) in [6.45, 7) is 4.94. The van der Waals surface area contributed by atoms with Gasteiger partial charge in [-0.3, -0.25) is 9.69 Å². The maximum absolute atomic E-state index is 12.0. The summed E-state index contributed by atoms with van der Waals surface area (Å²) in [7, 11) is 0. The van der Waals surface area contributed by atoms with Crippen molar-refractivity contribution in [2.45, 2.75) is 19.5 Å². The highest BCUT2D eigenvalue weighted by atomic mass is 16.2. The fraction of sp³-hybridized carbons (Fsp3) is 0.636. The molecule has 0 spiro atoms. The van der Waals surface area contributed by atoms with Gasteiger partial charge in [-0.15, -0.1) is 0 Å². The second-order valence-electron chi connectivity index (χ2n) is 4.31. The lowest BCUT2D eigenvalue weighted by Crippen LogP contribution is -2.51. The number of nitrogens with zero attached hydrogens (tertiary/aromatic N) is 6. The molecule has 1 aromatic rings. The first-order chi connectivity index (χ1) is 8.70. The van der Waals surface area contributed by atoms with E-state index in [0.29, 0.717) is 13.1 Å². The molecule has 2 rings (SSSR count). The van der Waals surface area contributed by atoms with Crippen molar-refractivity contribution in [3.8, 4) is 6.07 Å². The Balaban J connectivity index is 1.83. The zero-order chi connectivity index (χ0) is 13.0. The molecule has 18 heavy (non-hydrogen) atoms. The third-order valence-corrected chi connectivity index (χ3v) is 3.17. The summed E-state index contributed by atoms with van der Waals surface area (Å²) < 4.78 is 1.52. The first kappa shape index (κ1) is 12.5. The maximum atomic E-state index is 12.0. The van der Waals surface area contributed by atoms with Gasteiger partial charge in [-0.05, 0) is 6.92 Å². The molecule has 1 fully saturated rings. The van der Waals surface area contributed by atoms with E-state index >= 15 is 0 Å². The van der Waals surface area contributed by atoms with E-state index in [1.807, 2.05) is 11.8 Å². The second kappa shape index (κ2) is 5.60.